The quantitative estimate of drug-likeness (QED) is 0.204. The summed E-state index contributed by atoms with van der Waals surface area (Å²) in [5.41, 5.74) is 0. The summed E-state index contributed by atoms with van der Waals surface area (Å²) in [4.78, 5) is 23.2. The molecular weight excluding hydrogens is 400 g/mol. The molecule has 1 fully saturated rings. The second-order valence-corrected chi connectivity index (χ2v) is 9.85. The van der Waals surface area contributed by atoms with E-state index < -0.39 is 5.97 Å². The molecule has 0 aliphatic heterocycles. The highest BCUT2D eigenvalue weighted by atomic mass is 32.2. The third-order valence-electron chi connectivity index (χ3n) is 5.95. The molecule has 0 heterocycles. The summed E-state index contributed by atoms with van der Waals surface area (Å²) in [6.07, 6.45) is 15.1. The Bertz CT molecular complexity index is 508. The Morgan fingerprint density at radius 1 is 1.17 bits per heavy atom. The molecule has 3 N–H and O–H groups in total. The van der Waals surface area contributed by atoms with E-state index in [4.69, 9.17) is 5.11 Å². The van der Waals surface area contributed by atoms with Crippen molar-refractivity contribution in [3.63, 3.8) is 0 Å². The fourth-order valence-electron chi connectivity index (χ4n) is 4.26. The molecule has 0 amide bonds. The molecule has 0 aromatic rings. The molecule has 30 heavy (non-hydrogen) atoms. The fourth-order valence-corrected chi connectivity index (χ4v) is 5.45. The largest absolute Gasteiger partial charge is 0.481 e. The van der Waals surface area contributed by atoms with Gasteiger partial charge in [0.1, 0.15) is 5.78 Å². The average molecular weight is 443 g/mol. The molecule has 5 nitrogen and oxygen atoms in total. The number of aliphatic hydroxyl groups excluding tert-OH is 2. The van der Waals surface area contributed by atoms with Gasteiger partial charge in [-0.2, -0.15) is 11.8 Å². The minimum Gasteiger partial charge on any atom is -0.481 e. The second-order valence-electron chi connectivity index (χ2n) is 8.50. The highest BCUT2D eigenvalue weighted by Crippen LogP contribution is 2.40. The predicted octanol–water partition coefficient (Wildman–Crippen LogP) is 4.99. The minimum absolute atomic E-state index is 0.0126. The molecule has 1 rings (SSSR count). The Morgan fingerprint density at radius 2 is 1.90 bits per heavy atom. The van der Waals surface area contributed by atoms with Crippen molar-refractivity contribution in [3.05, 3.63) is 12.2 Å². The molecule has 0 aromatic carbocycles. The van der Waals surface area contributed by atoms with Crippen molar-refractivity contribution < 1.29 is 24.9 Å². The summed E-state index contributed by atoms with van der Waals surface area (Å²) < 4.78 is 0. The van der Waals surface area contributed by atoms with Crippen molar-refractivity contribution in [1.29, 1.82) is 0 Å². The number of carbonyl (C=O) groups is 2. The van der Waals surface area contributed by atoms with E-state index in [2.05, 4.69) is 19.1 Å². The standard InChI is InChI=1S/C24H42O5S/c1-2-3-4-7-11-19(26)12-10-14-21-20(13-8-5-6-9-15-24(28)29)22(27)18-23(21)30-17-16-25/h10,14,19-21,23,25-26H,2-9,11-13,15-18H2,1H3,(H,28,29)/t19?,20-,21-,23-/m1/s1. The molecule has 0 aromatic heterocycles. The Labute approximate surface area is 186 Å². The first-order valence-corrected chi connectivity index (χ1v) is 12.9. The topological polar surface area (TPSA) is 94.8 Å². The van der Waals surface area contributed by atoms with Crippen molar-refractivity contribution in [2.45, 2.75) is 102 Å². The maximum Gasteiger partial charge on any atom is 0.303 e. The number of carbonyl (C=O) groups excluding carboxylic acids is 1. The lowest BCUT2D eigenvalue weighted by Crippen LogP contribution is -2.18. The summed E-state index contributed by atoms with van der Waals surface area (Å²) in [6, 6.07) is 0. The summed E-state index contributed by atoms with van der Waals surface area (Å²) in [5, 5.41) is 28.3. The van der Waals surface area contributed by atoms with Gasteiger partial charge in [-0.15, -0.1) is 0 Å². The Morgan fingerprint density at radius 3 is 2.60 bits per heavy atom. The number of carboxylic acid groups (broad SMARTS) is 1. The first kappa shape index (κ1) is 27.2. The third-order valence-corrected chi connectivity index (χ3v) is 7.27. The molecule has 0 spiro atoms. The van der Waals surface area contributed by atoms with Crippen molar-refractivity contribution >= 4 is 23.5 Å². The molecule has 0 bridgehead atoms. The summed E-state index contributed by atoms with van der Waals surface area (Å²) >= 11 is 1.68. The number of unbranched alkanes of at least 4 members (excludes halogenated alkanes) is 6. The van der Waals surface area contributed by atoms with Crippen LogP contribution in [0.3, 0.4) is 0 Å². The first-order valence-electron chi connectivity index (χ1n) is 11.8. The molecule has 0 radical (unpaired) electrons. The Balaban J connectivity index is 2.51. The van der Waals surface area contributed by atoms with Crippen LogP contribution in [0.4, 0.5) is 0 Å². The van der Waals surface area contributed by atoms with Crippen LogP contribution in [0.5, 0.6) is 0 Å². The van der Waals surface area contributed by atoms with Gasteiger partial charge in [-0.1, -0.05) is 64.0 Å². The van der Waals surface area contributed by atoms with Gasteiger partial charge < -0.3 is 15.3 Å². The Kier molecular flexibility index (Phi) is 15.2. The second kappa shape index (κ2) is 16.8. The molecule has 1 aliphatic rings. The number of carboxylic acids is 1. The van der Waals surface area contributed by atoms with E-state index in [1.54, 1.807) is 11.8 Å². The molecular formula is C24H42O5S. The fraction of sp³-hybridized carbons (Fsp3) is 0.833. The minimum atomic E-state index is -0.748. The van der Waals surface area contributed by atoms with Crippen LogP contribution in [0.25, 0.3) is 0 Å². The highest BCUT2D eigenvalue weighted by Gasteiger charge is 2.40. The maximum atomic E-state index is 12.6. The smallest absolute Gasteiger partial charge is 0.303 e. The number of allylic oxidation sites excluding steroid dienone is 1. The Hall–Kier alpha value is -0.850. The number of rotatable bonds is 18. The van der Waals surface area contributed by atoms with Gasteiger partial charge >= 0.3 is 5.97 Å². The molecule has 4 atom stereocenters. The zero-order chi connectivity index (χ0) is 22.2. The van der Waals surface area contributed by atoms with E-state index in [0.29, 0.717) is 30.8 Å². The molecule has 174 valence electrons. The SMILES string of the molecule is CCCCCCC(O)CC=C[C@H]1[C@H](SCCO)CC(=O)[C@@H]1CCCCCCC(=O)O. The zero-order valence-corrected chi connectivity index (χ0v) is 19.5. The van der Waals surface area contributed by atoms with Crippen LogP contribution >= 0.6 is 11.8 Å². The van der Waals surface area contributed by atoms with Gasteiger partial charge in [0, 0.05) is 29.8 Å². The van der Waals surface area contributed by atoms with Crippen LogP contribution in [-0.2, 0) is 9.59 Å². The van der Waals surface area contributed by atoms with Crippen LogP contribution in [0, 0.1) is 11.8 Å². The molecule has 1 unspecified atom stereocenters. The predicted molar refractivity (Wildman–Crippen MR) is 124 cm³/mol. The highest BCUT2D eigenvalue weighted by molar-refractivity contribution is 8.00. The zero-order valence-electron chi connectivity index (χ0n) is 18.6. The number of thioether (sulfide) groups is 1. The monoisotopic (exact) mass is 442 g/mol. The molecule has 0 saturated heterocycles. The van der Waals surface area contributed by atoms with Crippen molar-refractivity contribution in [3.8, 4) is 0 Å². The number of Topliss-reactive ketones (excluding diaryl/α,β-unsaturated/α-hetero) is 1. The lowest BCUT2D eigenvalue weighted by Gasteiger charge is -2.20. The van der Waals surface area contributed by atoms with Crippen LogP contribution in [0.15, 0.2) is 12.2 Å². The van der Waals surface area contributed by atoms with Gasteiger partial charge in [0.2, 0.25) is 0 Å². The van der Waals surface area contributed by atoms with Crippen LogP contribution in [0.1, 0.15) is 90.4 Å². The van der Waals surface area contributed by atoms with E-state index in [1.165, 1.54) is 19.3 Å². The number of hydrogen-bond acceptors (Lipinski definition) is 5. The van der Waals surface area contributed by atoms with Gasteiger partial charge in [-0.05, 0) is 31.6 Å². The molecule has 1 saturated carbocycles. The van der Waals surface area contributed by atoms with Gasteiger partial charge in [-0.25, -0.2) is 0 Å². The van der Waals surface area contributed by atoms with E-state index >= 15 is 0 Å². The molecule has 1 aliphatic carbocycles. The van der Waals surface area contributed by atoms with Gasteiger partial charge in [-0.3, -0.25) is 9.59 Å². The summed E-state index contributed by atoms with van der Waals surface area (Å²) in [5.74, 6) is 0.386. The summed E-state index contributed by atoms with van der Waals surface area (Å²) in [7, 11) is 0. The van der Waals surface area contributed by atoms with E-state index in [0.717, 1.165) is 38.5 Å². The lowest BCUT2D eigenvalue weighted by atomic mass is 9.89. The van der Waals surface area contributed by atoms with Crippen LogP contribution in [-0.4, -0.2) is 50.8 Å². The van der Waals surface area contributed by atoms with Crippen molar-refractivity contribution in [2.24, 2.45) is 11.8 Å². The van der Waals surface area contributed by atoms with Crippen LogP contribution in [0.2, 0.25) is 0 Å². The third kappa shape index (κ3) is 11.5. The van der Waals surface area contributed by atoms with Gasteiger partial charge in [0.25, 0.3) is 0 Å². The van der Waals surface area contributed by atoms with Gasteiger partial charge in [0.15, 0.2) is 0 Å². The normalized spacial score (nSPS) is 22.8. The number of aliphatic carboxylic acids is 1. The van der Waals surface area contributed by atoms with Gasteiger partial charge in [0.05, 0.1) is 12.7 Å². The lowest BCUT2D eigenvalue weighted by molar-refractivity contribution is -0.137. The van der Waals surface area contributed by atoms with Crippen molar-refractivity contribution in [2.75, 3.05) is 12.4 Å². The van der Waals surface area contributed by atoms with E-state index in [-0.39, 0.29) is 36.2 Å². The first-order chi connectivity index (χ1) is 14.5. The van der Waals surface area contributed by atoms with Crippen LogP contribution < -0.4 is 0 Å². The molecule has 6 heteroatoms. The maximum absolute atomic E-state index is 12.6. The average Bonchev–Trinajstić information content (AvgIpc) is 3.00. The number of aliphatic hydroxyl groups is 2. The van der Waals surface area contributed by atoms with E-state index in [9.17, 15) is 19.8 Å². The summed E-state index contributed by atoms with van der Waals surface area (Å²) in [6.45, 7) is 2.30. The van der Waals surface area contributed by atoms with Crippen molar-refractivity contribution in [1.82, 2.24) is 0 Å². The van der Waals surface area contributed by atoms with E-state index in [1.807, 2.05) is 0 Å². The number of hydrogen-bond donors (Lipinski definition) is 3. The number of ketones is 1.